The van der Waals surface area contributed by atoms with Crippen molar-refractivity contribution >= 4 is 17.9 Å². The lowest BCUT2D eigenvalue weighted by Gasteiger charge is -2.42. The van der Waals surface area contributed by atoms with E-state index in [4.69, 9.17) is 4.74 Å². The SMILES string of the molecule is COC1(c2ccccc2)NC(=O)/C(=C/c2ccccc2)N(Cc2ccccc2)C1=O. The minimum absolute atomic E-state index is 0.254. The minimum atomic E-state index is -1.58. The summed E-state index contributed by atoms with van der Waals surface area (Å²) in [5.41, 5.74) is 1.01. The van der Waals surface area contributed by atoms with Crippen molar-refractivity contribution in [2.24, 2.45) is 0 Å². The van der Waals surface area contributed by atoms with Crippen LogP contribution in [0.1, 0.15) is 16.7 Å². The Hall–Kier alpha value is -3.70. The van der Waals surface area contributed by atoms with Crippen LogP contribution in [-0.4, -0.2) is 23.8 Å². The van der Waals surface area contributed by atoms with Gasteiger partial charge in [-0.1, -0.05) is 91.0 Å². The third-order valence-electron chi connectivity index (χ3n) is 5.13. The van der Waals surface area contributed by atoms with Crippen LogP contribution in [0.4, 0.5) is 0 Å². The summed E-state index contributed by atoms with van der Waals surface area (Å²) < 4.78 is 5.66. The number of piperazine rings is 1. The van der Waals surface area contributed by atoms with E-state index in [9.17, 15) is 9.59 Å². The van der Waals surface area contributed by atoms with Crippen molar-refractivity contribution < 1.29 is 14.3 Å². The van der Waals surface area contributed by atoms with Crippen molar-refractivity contribution in [3.05, 3.63) is 113 Å². The lowest BCUT2D eigenvalue weighted by atomic mass is 9.96. The van der Waals surface area contributed by atoms with E-state index in [0.29, 0.717) is 5.56 Å². The van der Waals surface area contributed by atoms with Gasteiger partial charge in [0.15, 0.2) is 0 Å². The molecule has 5 heteroatoms. The number of nitrogens with zero attached hydrogens (tertiary/aromatic N) is 1. The highest BCUT2D eigenvalue weighted by Gasteiger charge is 2.51. The van der Waals surface area contributed by atoms with Gasteiger partial charge in [-0.2, -0.15) is 0 Å². The second-order valence-electron chi connectivity index (χ2n) is 7.02. The van der Waals surface area contributed by atoms with Crippen molar-refractivity contribution in [1.82, 2.24) is 10.2 Å². The van der Waals surface area contributed by atoms with Crippen molar-refractivity contribution in [3.63, 3.8) is 0 Å². The Labute approximate surface area is 175 Å². The molecule has 0 radical (unpaired) electrons. The van der Waals surface area contributed by atoms with E-state index in [1.165, 1.54) is 12.0 Å². The molecule has 30 heavy (non-hydrogen) atoms. The number of carbonyl (C=O) groups excluding carboxylic acids is 2. The number of nitrogens with one attached hydrogen (secondary N) is 1. The maximum absolute atomic E-state index is 13.8. The number of hydrogen-bond donors (Lipinski definition) is 1. The Morgan fingerprint density at radius 3 is 2.03 bits per heavy atom. The summed E-state index contributed by atoms with van der Waals surface area (Å²) in [5, 5.41) is 2.81. The van der Waals surface area contributed by atoms with Gasteiger partial charge in [0.05, 0.1) is 6.54 Å². The first-order valence-electron chi connectivity index (χ1n) is 9.70. The van der Waals surface area contributed by atoms with Crippen LogP contribution in [0.15, 0.2) is 96.7 Å². The van der Waals surface area contributed by atoms with Gasteiger partial charge in [0.1, 0.15) is 5.70 Å². The molecule has 1 fully saturated rings. The zero-order valence-electron chi connectivity index (χ0n) is 16.6. The summed E-state index contributed by atoms with van der Waals surface area (Å²) in [6.07, 6.45) is 1.72. The molecule has 1 aliphatic rings. The van der Waals surface area contributed by atoms with Gasteiger partial charge >= 0.3 is 0 Å². The average molecular weight is 398 g/mol. The molecule has 0 aromatic heterocycles. The predicted molar refractivity (Wildman–Crippen MR) is 115 cm³/mol. The summed E-state index contributed by atoms with van der Waals surface area (Å²) in [4.78, 5) is 28.5. The normalized spacial score (nSPS) is 20.3. The standard InChI is InChI=1S/C25H22N2O3/c1-30-25(21-15-9-4-10-16-21)24(29)27(18-20-13-7-3-8-14-20)22(23(28)26-25)17-19-11-5-2-6-12-19/h2-17H,18H2,1H3,(H,26,28)/b22-17-. The number of amides is 2. The molecule has 3 aromatic rings. The molecule has 1 saturated heterocycles. The monoisotopic (exact) mass is 398 g/mol. The molecular formula is C25H22N2O3. The zero-order valence-corrected chi connectivity index (χ0v) is 16.6. The molecule has 2 amide bonds. The predicted octanol–water partition coefficient (Wildman–Crippen LogP) is 3.69. The highest BCUT2D eigenvalue weighted by Crippen LogP contribution is 2.32. The molecule has 0 bridgehead atoms. The molecule has 5 nitrogen and oxygen atoms in total. The first-order chi connectivity index (χ1) is 14.6. The minimum Gasteiger partial charge on any atom is -0.347 e. The van der Waals surface area contributed by atoms with Crippen LogP contribution in [0, 0.1) is 0 Å². The van der Waals surface area contributed by atoms with Crippen LogP contribution in [0.2, 0.25) is 0 Å². The number of rotatable bonds is 5. The quantitative estimate of drug-likeness (QED) is 0.667. The topological polar surface area (TPSA) is 58.6 Å². The highest BCUT2D eigenvalue weighted by atomic mass is 16.5. The Morgan fingerprint density at radius 1 is 0.867 bits per heavy atom. The summed E-state index contributed by atoms with van der Waals surface area (Å²) in [5.74, 6) is -0.720. The fourth-order valence-electron chi connectivity index (χ4n) is 3.60. The van der Waals surface area contributed by atoms with Gasteiger partial charge in [-0.3, -0.25) is 14.5 Å². The third kappa shape index (κ3) is 3.63. The molecule has 0 aliphatic carbocycles. The van der Waals surface area contributed by atoms with Crippen molar-refractivity contribution in [2.45, 2.75) is 12.3 Å². The number of hydrogen-bond acceptors (Lipinski definition) is 3. The third-order valence-corrected chi connectivity index (χ3v) is 5.13. The molecule has 3 aromatic carbocycles. The Kier molecular flexibility index (Phi) is 5.46. The number of methoxy groups -OCH3 is 1. The van der Waals surface area contributed by atoms with Crippen molar-refractivity contribution in [3.8, 4) is 0 Å². The van der Waals surface area contributed by atoms with E-state index in [2.05, 4.69) is 5.32 Å². The van der Waals surface area contributed by atoms with Gasteiger partial charge in [-0.15, -0.1) is 0 Å². The lowest BCUT2D eigenvalue weighted by molar-refractivity contribution is -0.170. The number of ether oxygens (including phenoxy) is 1. The van der Waals surface area contributed by atoms with Gasteiger partial charge in [0, 0.05) is 12.7 Å². The fourth-order valence-corrected chi connectivity index (χ4v) is 3.60. The van der Waals surface area contributed by atoms with E-state index in [0.717, 1.165) is 11.1 Å². The maximum atomic E-state index is 13.8. The highest BCUT2D eigenvalue weighted by molar-refractivity contribution is 6.08. The van der Waals surface area contributed by atoms with Crippen LogP contribution in [0.25, 0.3) is 6.08 Å². The van der Waals surface area contributed by atoms with Gasteiger partial charge in [-0.25, -0.2) is 0 Å². The first kappa shape index (κ1) is 19.6. The molecular weight excluding hydrogens is 376 g/mol. The maximum Gasteiger partial charge on any atom is 0.285 e. The molecule has 1 unspecified atom stereocenters. The number of carbonyl (C=O) groups is 2. The van der Waals surface area contributed by atoms with Crippen molar-refractivity contribution in [2.75, 3.05) is 7.11 Å². The van der Waals surface area contributed by atoms with E-state index in [1.54, 1.807) is 18.2 Å². The molecule has 0 spiro atoms. The first-order valence-corrected chi connectivity index (χ1v) is 9.70. The van der Waals surface area contributed by atoms with Gasteiger partial charge < -0.3 is 10.1 Å². The van der Waals surface area contributed by atoms with E-state index < -0.39 is 5.72 Å². The van der Waals surface area contributed by atoms with Crippen LogP contribution in [0.3, 0.4) is 0 Å². The van der Waals surface area contributed by atoms with Gasteiger partial charge in [0.2, 0.25) is 5.72 Å². The second kappa shape index (κ2) is 8.35. The number of benzene rings is 3. The van der Waals surface area contributed by atoms with Crippen LogP contribution in [0.5, 0.6) is 0 Å². The molecule has 1 heterocycles. The Morgan fingerprint density at radius 2 is 1.43 bits per heavy atom. The molecule has 4 rings (SSSR count). The Balaban J connectivity index is 1.82. The average Bonchev–Trinajstić information content (AvgIpc) is 2.80. The van der Waals surface area contributed by atoms with Crippen LogP contribution in [-0.2, 0) is 26.6 Å². The summed E-state index contributed by atoms with van der Waals surface area (Å²) in [6.45, 7) is 0.254. The largest absolute Gasteiger partial charge is 0.347 e. The van der Waals surface area contributed by atoms with E-state index in [1.807, 2.05) is 78.9 Å². The zero-order chi connectivity index (χ0) is 21.0. The smallest absolute Gasteiger partial charge is 0.285 e. The van der Waals surface area contributed by atoms with Crippen molar-refractivity contribution in [1.29, 1.82) is 0 Å². The summed E-state index contributed by atoms with van der Waals surface area (Å²) in [7, 11) is 1.43. The molecule has 150 valence electrons. The van der Waals surface area contributed by atoms with E-state index in [-0.39, 0.29) is 24.1 Å². The van der Waals surface area contributed by atoms with Gasteiger partial charge in [0.25, 0.3) is 11.8 Å². The lowest BCUT2D eigenvalue weighted by Crippen LogP contribution is -2.64. The van der Waals surface area contributed by atoms with E-state index >= 15 is 0 Å². The molecule has 1 N–H and O–H groups in total. The second-order valence-corrected chi connectivity index (χ2v) is 7.02. The Bertz CT molecular complexity index is 1070. The van der Waals surface area contributed by atoms with Gasteiger partial charge in [-0.05, 0) is 17.2 Å². The molecule has 1 aliphatic heterocycles. The fraction of sp³-hybridized carbons (Fsp3) is 0.120. The summed E-state index contributed by atoms with van der Waals surface area (Å²) in [6, 6.07) is 28.1. The van der Waals surface area contributed by atoms with Crippen LogP contribution >= 0.6 is 0 Å². The molecule has 1 atom stereocenters. The summed E-state index contributed by atoms with van der Waals surface area (Å²) >= 11 is 0. The molecule has 0 saturated carbocycles. The van der Waals surface area contributed by atoms with Crippen LogP contribution < -0.4 is 5.32 Å².